The van der Waals surface area contributed by atoms with Gasteiger partial charge in [0, 0.05) is 86.7 Å². The van der Waals surface area contributed by atoms with Crippen LogP contribution in [0.3, 0.4) is 0 Å². The number of nitrogen functional groups attached to an aromatic ring is 2. The second kappa shape index (κ2) is 68.3. The predicted molar refractivity (Wildman–Crippen MR) is 510 cm³/mol. The third kappa shape index (κ3) is 52.2. The number of aromatic amines is 1. The predicted octanol–water partition coefficient (Wildman–Crippen LogP) is 20.9. The number of hydrogen-bond acceptors (Lipinski definition) is 23. The molecule has 11 N–H and O–H groups in total. The highest BCUT2D eigenvalue weighted by molar-refractivity contribution is 8.24. The molecule has 0 unspecified atom stereocenters. The van der Waals surface area contributed by atoms with Gasteiger partial charge in [-0.2, -0.15) is 0 Å². The zero-order valence-electron chi connectivity index (χ0n) is 73.2. The van der Waals surface area contributed by atoms with Gasteiger partial charge in [-0.05, 0) is 72.8 Å². The second-order valence-corrected chi connectivity index (χ2v) is 31.6. The number of methoxy groups -OCH3 is 2. The number of aliphatic hydroxyl groups is 1. The van der Waals surface area contributed by atoms with Gasteiger partial charge in [-0.1, -0.05) is 289 Å². The number of halogens is 3. The zero-order valence-corrected chi connectivity index (χ0v) is 76.3. The molecule has 0 bridgehead atoms. The molecule has 1 saturated carbocycles. The normalized spacial score (nSPS) is 10.0. The number of H-pyrrole nitrogens is 1. The number of ether oxygens (including phenoxy) is 2. The number of carboxylic acids is 1. The Morgan fingerprint density at radius 1 is 0.614 bits per heavy atom. The standard InChI is InChI=1S/C19H15N5.C14H13N5.C11H9N4O.C11H8N4.C8H7NO2.C7H9N.C5H13NO2.C4H4N2.C3H8O.C3H6.C2H4O2.2C2H6.Cl3OP/c1-3-7-14(8-4-1)11-20-18-17-19(23-13-22-18)21-12-16(24-17)15-9-5-2-6-10-15;1-15-13-14(17-10-19(2)3)16-9-12(18-13)11-7-5-4-6-8-11;1-13-11-10(12)15(16)7-9(14-11)8-5-3-2-4-6-8;1-13-11-10(12)14-7-9(15-11)8-5-3-2-4-6-8;10-8(6-9-11)7-4-2-1-3-5-7;8-6-7-4-2-1-3-5-7;1-6(2)5(7-3)8-4;1-4(5-2)6-3;1-3(2)4;1-2-3-1;1-2(3)4;2*1-2;1-5(2,3)4/h1-10,12-13H,11H2,(H,20,21,22,23);4-10H,2-3H3;2-7H,12H2,(H,14,16);2-7H,(H2,12,14);1-6,11H;1-5H,6,8H2;5H,1-4H3;4H,1H3;3-4H,1-2H3;1-3H2;1H3,(H,3,4);2*1-2H3;/q;;+1;;;;;;;;;;;/b;;;;9-6+;;;;;;;;;. The number of aliphatic hydroxyl groups excluding tert-OH is 1. The second-order valence-electron chi connectivity index (χ2n) is 25.0. The minimum atomic E-state index is -3.22. The van der Waals surface area contributed by atoms with E-state index >= 15 is 0 Å². The van der Waals surface area contributed by atoms with Gasteiger partial charge in [0.25, 0.3) is 5.97 Å². The zero-order chi connectivity index (χ0) is 95.3. The summed E-state index contributed by atoms with van der Waals surface area (Å²) in [5.74, 6) is 0.358. The van der Waals surface area contributed by atoms with Crippen molar-refractivity contribution in [1.29, 1.82) is 0 Å². The minimum absolute atomic E-state index is 0.0522. The summed E-state index contributed by atoms with van der Waals surface area (Å²) >= 11 is 13.8. The lowest BCUT2D eigenvalue weighted by molar-refractivity contribution is -0.477. The Balaban J connectivity index is 0.00000142. The lowest BCUT2D eigenvalue weighted by atomic mass is 10.1. The molecular formula is C91H108Cl3N23O9P+. The first-order chi connectivity index (χ1) is 60.9. The minimum Gasteiger partial charge on any atom is -0.481 e. The van der Waals surface area contributed by atoms with Crippen LogP contribution in [0.15, 0.2) is 254 Å². The number of anilines is 3. The first kappa shape index (κ1) is 113. The summed E-state index contributed by atoms with van der Waals surface area (Å²) in [6, 6.07) is 67.2. The van der Waals surface area contributed by atoms with E-state index in [9.17, 15) is 14.3 Å². The summed E-state index contributed by atoms with van der Waals surface area (Å²) in [7, 11) is 10.7. The van der Waals surface area contributed by atoms with Crippen molar-refractivity contribution in [1.82, 2.24) is 54.7 Å². The maximum Gasteiger partial charge on any atom is 0.471 e. The summed E-state index contributed by atoms with van der Waals surface area (Å²) in [4.78, 5) is 91.7. The van der Waals surface area contributed by atoms with Crippen molar-refractivity contribution in [3.63, 3.8) is 0 Å². The lowest BCUT2D eigenvalue weighted by Crippen LogP contribution is -2.30. The highest BCUT2D eigenvalue weighted by Crippen LogP contribution is 2.61. The average Bonchev–Trinajstić information content (AvgIpc) is 1.28. The van der Waals surface area contributed by atoms with Gasteiger partial charge in [-0.25, -0.2) is 57.7 Å². The fourth-order valence-electron chi connectivity index (χ4n) is 8.43. The number of rotatable bonds is 15. The number of carboxylic acid groups (broad SMARTS) is 1. The Kier molecular flexibility index (Phi) is 60.7. The van der Waals surface area contributed by atoms with E-state index in [4.69, 9.17) is 84.7 Å². The Morgan fingerprint density at radius 3 is 1.37 bits per heavy atom. The fourth-order valence-corrected chi connectivity index (χ4v) is 8.43. The monoisotopic (exact) mass is 1800 g/mol. The van der Waals surface area contributed by atoms with Crippen LogP contribution in [0.25, 0.3) is 80.4 Å². The van der Waals surface area contributed by atoms with Crippen molar-refractivity contribution >= 4 is 115 Å². The van der Waals surface area contributed by atoms with E-state index < -0.39 is 17.3 Å². The van der Waals surface area contributed by atoms with Crippen LogP contribution < -0.4 is 26.9 Å². The van der Waals surface area contributed by atoms with Crippen LogP contribution >= 0.6 is 38.9 Å². The van der Waals surface area contributed by atoms with Gasteiger partial charge in [0.1, 0.15) is 18.4 Å². The van der Waals surface area contributed by atoms with Gasteiger partial charge in [0.2, 0.25) is 12.2 Å². The number of benzene rings is 7. The largest absolute Gasteiger partial charge is 0.481 e. The molecule has 13 rings (SSSR count). The number of nitrogens with zero attached hydrogens (tertiary/aromatic N) is 18. The van der Waals surface area contributed by atoms with Crippen molar-refractivity contribution in [2.75, 3.05) is 59.2 Å². The maximum atomic E-state index is 11.4. The molecule has 0 atom stereocenters. The molecule has 32 nitrogen and oxygen atoms in total. The summed E-state index contributed by atoms with van der Waals surface area (Å²) < 4.78 is 19.7. The first-order valence-electron chi connectivity index (χ1n) is 38.7. The van der Waals surface area contributed by atoms with Gasteiger partial charge in [0.05, 0.1) is 37.5 Å². The molecule has 1 aliphatic carbocycles. The number of nitrogens with one attached hydrogen (secondary N) is 2. The van der Waals surface area contributed by atoms with Crippen LogP contribution in [-0.4, -0.2) is 155 Å². The smallest absolute Gasteiger partial charge is 0.471 e. The van der Waals surface area contributed by atoms with E-state index in [1.165, 1.54) is 42.9 Å². The van der Waals surface area contributed by atoms with Crippen molar-refractivity contribution in [2.24, 2.45) is 15.9 Å². The summed E-state index contributed by atoms with van der Waals surface area (Å²) in [5.41, 5.74) is 26.8. The molecule has 666 valence electrons. The molecule has 36 heteroatoms. The number of carbonyl (C=O) groups is 2. The van der Waals surface area contributed by atoms with Crippen molar-refractivity contribution < 1.29 is 43.5 Å². The van der Waals surface area contributed by atoms with E-state index in [-0.39, 0.29) is 47.4 Å². The van der Waals surface area contributed by atoms with Crippen LogP contribution in [0.2, 0.25) is 0 Å². The van der Waals surface area contributed by atoms with Crippen molar-refractivity contribution in [3.8, 4) is 45.0 Å². The number of aromatic nitrogens is 10. The lowest BCUT2D eigenvalue weighted by Gasteiger charge is -2.19. The van der Waals surface area contributed by atoms with E-state index in [2.05, 4.69) is 125 Å². The Bertz CT molecular complexity index is 5440. The quantitative estimate of drug-likeness (QED) is 0.00544. The van der Waals surface area contributed by atoms with Crippen molar-refractivity contribution in [2.45, 2.75) is 106 Å². The van der Waals surface area contributed by atoms with E-state index in [0.29, 0.717) is 63.0 Å². The third-order valence-corrected chi connectivity index (χ3v) is 14.0. The van der Waals surface area contributed by atoms with Crippen LogP contribution in [0.4, 0.5) is 40.7 Å². The van der Waals surface area contributed by atoms with Crippen LogP contribution in [0, 0.1) is 37.8 Å². The topological polar surface area (TPSA) is 415 Å². The highest BCUT2D eigenvalue weighted by atomic mass is 36.0. The molecule has 0 spiro atoms. The molecule has 12 aromatic rings. The molecule has 5 heterocycles. The summed E-state index contributed by atoms with van der Waals surface area (Å²) in [6.45, 7) is 48.8. The molecule has 1 aliphatic rings. The van der Waals surface area contributed by atoms with Crippen molar-refractivity contribution in [3.05, 3.63) is 322 Å². The van der Waals surface area contributed by atoms with Crippen LogP contribution in [0.5, 0.6) is 0 Å². The molecule has 0 amide bonds. The number of carbonyl (C=O) groups excluding carboxylic acids is 1. The number of oxime groups is 1. The summed E-state index contributed by atoms with van der Waals surface area (Å²) in [6.07, 6.45) is 13.9. The summed E-state index contributed by atoms with van der Waals surface area (Å²) in [5, 5.41) is 26.3. The molecule has 0 aliphatic heterocycles. The number of fused-ring (bicyclic) bond motifs is 1. The molecule has 5 aromatic heterocycles. The van der Waals surface area contributed by atoms with Gasteiger partial charge >= 0.3 is 34.6 Å². The number of aliphatic imine (C=N–C) groups is 1. The Morgan fingerprint density at radius 2 is 1.01 bits per heavy atom. The van der Waals surface area contributed by atoms with Crippen LogP contribution in [0.1, 0.15) is 96.1 Å². The average molecular weight is 1810 g/mol. The van der Waals surface area contributed by atoms with E-state index in [0.717, 1.165) is 41.1 Å². The van der Waals surface area contributed by atoms with Crippen LogP contribution in [-0.2, 0) is 31.9 Å². The van der Waals surface area contributed by atoms with E-state index in [1.54, 1.807) is 89.1 Å². The fraction of sp³-hybridized carbons (Fsp3) is 0.242. The third-order valence-electron chi connectivity index (χ3n) is 14.0. The van der Waals surface area contributed by atoms with Gasteiger partial charge < -0.3 is 61.1 Å². The molecule has 7 aromatic carbocycles. The molecular weight excluding hydrogens is 1700 g/mol. The number of nitrogens with two attached hydrogens (primary N) is 3. The van der Waals surface area contributed by atoms with Gasteiger partial charge in [0.15, 0.2) is 46.1 Å². The first-order valence-corrected chi connectivity index (χ1v) is 43.1. The maximum absolute atomic E-state index is 11.4. The van der Waals surface area contributed by atoms with Gasteiger partial charge in [-0.3, -0.25) is 29.8 Å². The number of aliphatic carboxylic acids is 1. The number of ketones is 1. The number of Topliss-reactive ketones (excluding diaryl/α,β-unsaturated/α-hetero) is 1. The molecule has 0 radical (unpaired) electrons. The van der Waals surface area contributed by atoms with E-state index in [1.807, 2.05) is 237 Å². The molecule has 1 fully saturated rings. The highest BCUT2D eigenvalue weighted by Gasteiger charge is 2.16. The Labute approximate surface area is 757 Å². The molecule has 0 saturated heterocycles. The van der Waals surface area contributed by atoms with Gasteiger partial charge in [-0.15, -0.1) is 9.97 Å². The SMILES string of the molecule is C1CC1.CC.CC.CC(=O)O.CC(C)O.COC(OC)N(C)C.NCc1ccccc1.O=C(/C=N/O)c1ccccc1.O=P(Cl)(Cl)Cl.[C-]#[N+]C(C)[N+]#[C-].[C-]#[N+]c1[nH]c(-c2ccccc2)c[n+](=O)c1N.[C-]#[N+]c1nc(-c2ccccc2)cnc1N.[C-]#[N+]c1nc(-c2ccccc2)cnc1N=CN(C)C.c1ccc(CNc2ncnc3ncc(-c4ccccc4)nc23)cc1. The number of hydrogen-bond donors (Lipinski definition) is 8. The Hall–Kier alpha value is -14.2. The molecule has 127 heavy (non-hydrogen) atoms.